The Balaban J connectivity index is 3.62. The van der Waals surface area contributed by atoms with Gasteiger partial charge in [-0.3, -0.25) is 0 Å². The zero-order chi connectivity index (χ0) is 8.85. The molecule has 0 amide bonds. The summed E-state index contributed by atoms with van der Waals surface area (Å²) >= 11 is 0. The monoisotopic (exact) mass is 161 g/mol. The molecule has 0 aromatic heterocycles. The molecule has 0 spiro atoms. The van der Waals surface area contributed by atoms with E-state index < -0.39 is 6.29 Å². The fourth-order valence-corrected chi connectivity index (χ4v) is 0.983. The number of hydrogen-bond acceptors (Lipinski definition) is 3. The molecule has 2 N–H and O–H groups in total. The summed E-state index contributed by atoms with van der Waals surface area (Å²) in [4.78, 5) is 2.17. The molecule has 0 saturated heterocycles. The molecule has 0 aromatic rings. The zero-order valence-corrected chi connectivity index (χ0v) is 7.62. The molecular formula is C8H19NO2. The van der Waals surface area contributed by atoms with Crippen molar-refractivity contribution in [3.63, 3.8) is 0 Å². The molecule has 0 radical (unpaired) electrons. The fraction of sp³-hybridized carbons (Fsp3) is 1.00. The molecule has 0 fully saturated rings. The molecule has 0 aliphatic heterocycles. The molecule has 0 rings (SSSR count). The lowest BCUT2D eigenvalue weighted by molar-refractivity contribution is -0.0848. The summed E-state index contributed by atoms with van der Waals surface area (Å²) in [5.74, 6) is -0.0603. The SMILES string of the molecule is CCN(CC)CC(C)C(O)O. The third kappa shape index (κ3) is 4.35. The summed E-state index contributed by atoms with van der Waals surface area (Å²) in [6.07, 6.45) is -1.18. The van der Waals surface area contributed by atoms with Crippen LogP contribution in [-0.2, 0) is 0 Å². The van der Waals surface area contributed by atoms with Gasteiger partial charge in [-0.05, 0) is 13.1 Å². The van der Waals surface area contributed by atoms with Gasteiger partial charge in [0, 0.05) is 12.5 Å². The van der Waals surface area contributed by atoms with Crippen LogP contribution >= 0.6 is 0 Å². The van der Waals surface area contributed by atoms with Gasteiger partial charge in [-0.25, -0.2) is 0 Å². The van der Waals surface area contributed by atoms with Crippen LogP contribution in [0.2, 0.25) is 0 Å². The van der Waals surface area contributed by atoms with Crippen LogP contribution < -0.4 is 0 Å². The van der Waals surface area contributed by atoms with Crippen LogP contribution in [0.4, 0.5) is 0 Å². The van der Waals surface area contributed by atoms with Gasteiger partial charge in [0.05, 0.1) is 0 Å². The van der Waals surface area contributed by atoms with E-state index in [-0.39, 0.29) is 5.92 Å². The molecule has 0 bridgehead atoms. The largest absolute Gasteiger partial charge is 0.368 e. The fourth-order valence-electron chi connectivity index (χ4n) is 0.983. The normalized spacial score (nSPS) is 14.5. The Morgan fingerprint density at radius 1 is 1.18 bits per heavy atom. The van der Waals surface area contributed by atoms with E-state index in [1.165, 1.54) is 0 Å². The molecule has 0 saturated carbocycles. The smallest absolute Gasteiger partial charge is 0.155 e. The lowest BCUT2D eigenvalue weighted by atomic mass is 10.1. The molecule has 11 heavy (non-hydrogen) atoms. The predicted octanol–water partition coefficient (Wildman–Crippen LogP) is 0.275. The van der Waals surface area contributed by atoms with Crippen LogP contribution in [0.1, 0.15) is 20.8 Å². The van der Waals surface area contributed by atoms with Crippen molar-refractivity contribution in [1.29, 1.82) is 0 Å². The minimum Gasteiger partial charge on any atom is -0.368 e. The Bertz CT molecular complexity index is 92.1. The van der Waals surface area contributed by atoms with Crippen LogP contribution in [0.15, 0.2) is 0 Å². The van der Waals surface area contributed by atoms with Crippen molar-refractivity contribution in [3.8, 4) is 0 Å². The van der Waals surface area contributed by atoms with Crippen LogP contribution in [0.5, 0.6) is 0 Å². The van der Waals surface area contributed by atoms with E-state index in [0.29, 0.717) is 0 Å². The van der Waals surface area contributed by atoms with Crippen LogP contribution in [-0.4, -0.2) is 41.0 Å². The second-order valence-electron chi connectivity index (χ2n) is 2.88. The first-order valence-corrected chi connectivity index (χ1v) is 4.20. The van der Waals surface area contributed by atoms with E-state index in [0.717, 1.165) is 19.6 Å². The Labute approximate surface area is 68.6 Å². The highest BCUT2D eigenvalue weighted by molar-refractivity contribution is 4.60. The third-order valence-electron chi connectivity index (χ3n) is 1.95. The van der Waals surface area contributed by atoms with E-state index in [9.17, 15) is 0 Å². The summed E-state index contributed by atoms with van der Waals surface area (Å²) in [5, 5.41) is 17.6. The molecule has 0 aromatic carbocycles. The lowest BCUT2D eigenvalue weighted by Gasteiger charge is -2.23. The van der Waals surface area contributed by atoms with Gasteiger partial charge in [0.2, 0.25) is 0 Å². The maximum atomic E-state index is 8.79. The number of rotatable bonds is 5. The second kappa shape index (κ2) is 5.52. The number of nitrogens with zero attached hydrogens (tertiary/aromatic N) is 1. The molecule has 68 valence electrons. The van der Waals surface area contributed by atoms with Crippen LogP contribution in [0.3, 0.4) is 0 Å². The van der Waals surface area contributed by atoms with E-state index in [2.05, 4.69) is 18.7 Å². The molecule has 0 heterocycles. The second-order valence-corrected chi connectivity index (χ2v) is 2.88. The Hall–Kier alpha value is -0.120. The zero-order valence-electron chi connectivity index (χ0n) is 7.62. The first-order valence-electron chi connectivity index (χ1n) is 4.20. The van der Waals surface area contributed by atoms with Crippen molar-refractivity contribution >= 4 is 0 Å². The van der Waals surface area contributed by atoms with Crippen LogP contribution in [0.25, 0.3) is 0 Å². The minimum atomic E-state index is -1.18. The molecule has 1 atom stereocenters. The van der Waals surface area contributed by atoms with Crippen molar-refractivity contribution in [2.75, 3.05) is 19.6 Å². The highest BCUT2D eigenvalue weighted by Gasteiger charge is 2.12. The van der Waals surface area contributed by atoms with Gasteiger partial charge in [-0.2, -0.15) is 0 Å². The standard InChI is InChI=1S/C8H19NO2/c1-4-9(5-2)6-7(3)8(10)11/h7-8,10-11H,4-6H2,1-3H3. The topological polar surface area (TPSA) is 43.7 Å². The van der Waals surface area contributed by atoms with Gasteiger partial charge in [-0.15, -0.1) is 0 Å². The third-order valence-corrected chi connectivity index (χ3v) is 1.95. The molecule has 1 unspecified atom stereocenters. The van der Waals surface area contributed by atoms with E-state index >= 15 is 0 Å². The molecule has 3 heteroatoms. The maximum absolute atomic E-state index is 8.79. The Morgan fingerprint density at radius 3 is 1.91 bits per heavy atom. The van der Waals surface area contributed by atoms with E-state index in [1.807, 2.05) is 6.92 Å². The Morgan fingerprint density at radius 2 is 1.64 bits per heavy atom. The van der Waals surface area contributed by atoms with Crippen molar-refractivity contribution < 1.29 is 10.2 Å². The number of aliphatic hydroxyl groups is 2. The summed E-state index contributed by atoms with van der Waals surface area (Å²) in [6.45, 7) is 8.66. The minimum absolute atomic E-state index is 0.0603. The molecule has 0 aliphatic carbocycles. The van der Waals surface area contributed by atoms with Gasteiger partial charge in [0.25, 0.3) is 0 Å². The van der Waals surface area contributed by atoms with Crippen molar-refractivity contribution in [2.45, 2.75) is 27.1 Å². The molecule has 3 nitrogen and oxygen atoms in total. The van der Waals surface area contributed by atoms with Crippen molar-refractivity contribution in [2.24, 2.45) is 5.92 Å². The number of aliphatic hydroxyl groups excluding tert-OH is 1. The average molecular weight is 161 g/mol. The average Bonchev–Trinajstić information content (AvgIpc) is 1.99. The van der Waals surface area contributed by atoms with Crippen molar-refractivity contribution in [1.82, 2.24) is 4.90 Å². The van der Waals surface area contributed by atoms with Gasteiger partial charge in [0.1, 0.15) is 0 Å². The van der Waals surface area contributed by atoms with Gasteiger partial charge in [0.15, 0.2) is 6.29 Å². The molecule has 0 aliphatic rings. The lowest BCUT2D eigenvalue weighted by Crippen LogP contribution is -2.33. The van der Waals surface area contributed by atoms with Crippen LogP contribution in [0, 0.1) is 5.92 Å². The van der Waals surface area contributed by atoms with Gasteiger partial charge >= 0.3 is 0 Å². The van der Waals surface area contributed by atoms with Gasteiger partial charge < -0.3 is 15.1 Å². The summed E-state index contributed by atoms with van der Waals surface area (Å²) in [5.41, 5.74) is 0. The summed E-state index contributed by atoms with van der Waals surface area (Å²) in [6, 6.07) is 0. The molecular weight excluding hydrogens is 142 g/mol. The summed E-state index contributed by atoms with van der Waals surface area (Å²) in [7, 11) is 0. The van der Waals surface area contributed by atoms with E-state index in [4.69, 9.17) is 10.2 Å². The highest BCUT2D eigenvalue weighted by Crippen LogP contribution is 2.02. The summed E-state index contributed by atoms with van der Waals surface area (Å²) < 4.78 is 0. The van der Waals surface area contributed by atoms with Crippen molar-refractivity contribution in [3.05, 3.63) is 0 Å². The quantitative estimate of drug-likeness (QED) is 0.569. The highest BCUT2D eigenvalue weighted by atomic mass is 16.5. The maximum Gasteiger partial charge on any atom is 0.155 e. The number of hydrogen-bond donors (Lipinski definition) is 2. The first-order chi connectivity index (χ1) is 5.11. The van der Waals surface area contributed by atoms with Gasteiger partial charge in [-0.1, -0.05) is 20.8 Å². The Kier molecular flexibility index (Phi) is 5.46. The first kappa shape index (κ1) is 10.9. The predicted molar refractivity (Wildman–Crippen MR) is 45.2 cm³/mol. The van der Waals surface area contributed by atoms with E-state index in [1.54, 1.807) is 0 Å².